The van der Waals surface area contributed by atoms with Gasteiger partial charge in [-0.3, -0.25) is 14.7 Å². The van der Waals surface area contributed by atoms with Crippen molar-refractivity contribution in [3.8, 4) is 11.3 Å². The molecule has 1 aliphatic rings. The number of hydrogen-bond donors (Lipinski definition) is 2. The van der Waals surface area contributed by atoms with Crippen molar-refractivity contribution in [2.45, 2.75) is 32.3 Å². The lowest BCUT2D eigenvalue weighted by molar-refractivity contribution is 0.0345. The van der Waals surface area contributed by atoms with Crippen molar-refractivity contribution in [1.82, 2.24) is 15.2 Å². The Kier molecular flexibility index (Phi) is 5.19. The highest BCUT2D eigenvalue weighted by atomic mass is 16.3. The summed E-state index contributed by atoms with van der Waals surface area (Å²) in [6.45, 7) is 3.12. The van der Waals surface area contributed by atoms with Crippen molar-refractivity contribution in [2.75, 3.05) is 0 Å². The van der Waals surface area contributed by atoms with E-state index >= 15 is 0 Å². The fraction of sp³-hybridized carbons (Fsp3) is 0.217. The molecular weight excluding hydrogens is 350 g/mol. The average molecular weight is 373 g/mol. The maximum absolute atomic E-state index is 12.9. The van der Waals surface area contributed by atoms with Gasteiger partial charge in [0.1, 0.15) is 6.17 Å². The van der Waals surface area contributed by atoms with Gasteiger partial charge in [-0.15, -0.1) is 0 Å². The Hall–Kier alpha value is -3.02. The van der Waals surface area contributed by atoms with Crippen LogP contribution in [0.15, 0.2) is 72.9 Å². The van der Waals surface area contributed by atoms with E-state index in [-0.39, 0.29) is 5.91 Å². The van der Waals surface area contributed by atoms with Crippen LogP contribution in [-0.2, 0) is 13.1 Å². The molecule has 1 amide bonds. The Morgan fingerprint density at radius 3 is 2.39 bits per heavy atom. The first-order valence-corrected chi connectivity index (χ1v) is 9.43. The molecule has 0 radical (unpaired) electrons. The lowest BCUT2D eigenvalue weighted by atomic mass is 10.1. The van der Waals surface area contributed by atoms with E-state index in [1.165, 1.54) is 11.1 Å². The number of benzene rings is 2. The summed E-state index contributed by atoms with van der Waals surface area (Å²) in [5.74, 6) is -0.209. The van der Waals surface area contributed by atoms with Crippen LogP contribution in [0.25, 0.3) is 11.3 Å². The average Bonchev–Trinajstić information content (AvgIpc) is 3.16. The van der Waals surface area contributed by atoms with Gasteiger partial charge in [0.2, 0.25) is 0 Å². The van der Waals surface area contributed by atoms with Gasteiger partial charge in [-0.05, 0) is 42.3 Å². The van der Waals surface area contributed by atoms with E-state index in [4.69, 9.17) is 0 Å². The van der Waals surface area contributed by atoms with Gasteiger partial charge in [-0.2, -0.15) is 0 Å². The molecule has 142 valence electrons. The third kappa shape index (κ3) is 3.81. The highest BCUT2D eigenvalue weighted by molar-refractivity contribution is 5.95. The largest absolute Gasteiger partial charge is 0.390 e. The van der Waals surface area contributed by atoms with Crippen molar-refractivity contribution in [1.29, 1.82) is 0 Å². The van der Waals surface area contributed by atoms with Gasteiger partial charge in [-0.25, -0.2) is 0 Å². The minimum atomic E-state index is -0.697. The maximum Gasteiger partial charge on any atom is 0.252 e. The van der Waals surface area contributed by atoms with Crippen LogP contribution in [0.3, 0.4) is 0 Å². The van der Waals surface area contributed by atoms with Crippen molar-refractivity contribution in [3.63, 3.8) is 0 Å². The number of hydrogen-bond acceptors (Lipinski definition) is 4. The predicted molar refractivity (Wildman–Crippen MR) is 108 cm³/mol. The van der Waals surface area contributed by atoms with Crippen molar-refractivity contribution >= 4 is 5.91 Å². The molecular formula is C23H23N3O2. The Balaban J connectivity index is 1.52. The van der Waals surface area contributed by atoms with Gasteiger partial charge in [0.05, 0.1) is 11.8 Å². The molecule has 0 saturated carbocycles. The third-order valence-corrected chi connectivity index (χ3v) is 5.08. The standard InChI is InChI=1S/C23H23N3O2/c1-16(27)22(26-14-19-7-2-3-8-20(19)15-26)25-23(28)18-10-6-9-17(13-18)21-11-4-5-12-24-21/h2-13,16,22,27H,14-15H2,1H3,(H,25,28). The summed E-state index contributed by atoms with van der Waals surface area (Å²) < 4.78 is 0. The second-order valence-corrected chi connectivity index (χ2v) is 7.13. The molecule has 1 aliphatic heterocycles. The molecule has 5 nitrogen and oxygen atoms in total. The molecule has 2 unspecified atom stereocenters. The highest BCUT2D eigenvalue weighted by Gasteiger charge is 2.30. The van der Waals surface area contributed by atoms with E-state index in [0.29, 0.717) is 18.7 Å². The van der Waals surface area contributed by atoms with Gasteiger partial charge in [0, 0.05) is 30.4 Å². The molecule has 2 heterocycles. The zero-order chi connectivity index (χ0) is 19.5. The van der Waals surface area contributed by atoms with E-state index < -0.39 is 12.3 Å². The zero-order valence-electron chi connectivity index (χ0n) is 15.7. The van der Waals surface area contributed by atoms with Crippen LogP contribution >= 0.6 is 0 Å². The lowest BCUT2D eigenvalue weighted by Gasteiger charge is -2.30. The van der Waals surface area contributed by atoms with Crippen LogP contribution in [0, 0.1) is 0 Å². The first kappa shape index (κ1) is 18.3. The van der Waals surface area contributed by atoms with Crippen molar-refractivity contribution in [2.24, 2.45) is 0 Å². The second kappa shape index (κ2) is 7.92. The number of aliphatic hydroxyl groups is 1. The zero-order valence-corrected chi connectivity index (χ0v) is 15.7. The number of pyridine rings is 1. The van der Waals surface area contributed by atoms with Crippen LogP contribution in [0.1, 0.15) is 28.4 Å². The van der Waals surface area contributed by atoms with Gasteiger partial charge >= 0.3 is 0 Å². The maximum atomic E-state index is 12.9. The molecule has 0 spiro atoms. The summed E-state index contributed by atoms with van der Waals surface area (Å²) in [5.41, 5.74) is 4.72. The molecule has 0 aliphatic carbocycles. The van der Waals surface area contributed by atoms with Crippen molar-refractivity contribution in [3.05, 3.63) is 89.6 Å². The van der Waals surface area contributed by atoms with Crippen LogP contribution in [0.4, 0.5) is 0 Å². The predicted octanol–water partition coefficient (Wildman–Crippen LogP) is 3.20. The number of fused-ring (bicyclic) bond motifs is 1. The molecule has 28 heavy (non-hydrogen) atoms. The van der Waals surface area contributed by atoms with Gasteiger partial charge < -0.3 is 10.4 Å². The smallest absolute Gasteiger partial charge is 0.252 e. The molecule has 2 aromatic carbocycles. The minimum absolute atomic E-state index is 0.209. The molecule has 5 heteroatoms. The van der Waals surface area contributed by atoms with E-state index in [1.54, 1.807) is 19.2 Å². The summed E-state index contributed by atoms with van der Waals surface area (Å²) >= 11 is 0. The normalized spacial score (nSPS) is 15.6. The summed E-state index contributed by atoms with van der Waals surface area (Å²) in [4.78, 5) is 19.3. The molecule has 0 saturated heterocycles. The first-order valence-electron chi connectivity index (χ1n) is 9.43. The molecule has 1 aromatic heterocycles. The number of amides is 1. The number of rotatable bonds is 5. The Labute approximate surface area is 164 Å². The molecule has 3 aromatic rings. The Bertz CT molecular complexity index is 947. The van der Waals surface area contributed by atoms with Crippen LogP contribution in [0.5, 0.6) is 0 Å². The molecule has 2 N–H and O–H groups in total. The van der Waals surface area contributed by atoms with Gasteiger partial charge in [-0.1, -0.05) is 42.5 Å². The number of aromatic nitrogens is 1. The van der Waals surface area contributed by atoms with Gasteiger partial charge in [0.25, 0.3) is 5.91 Å². The fourth-order valence-corrected chi connectivity index (χ4v) is 3.64. The van der Waals surface area contributed by atoms with E-state index in [1.807, 2.05) is 48.5 Å². The Morgan fingerprint density at radius 1 is 1.04 bits per heavy atom. The molecule has 2 atom stereocenters. The number of carbonyl (C=O) groups excluding carboxylic acids is 1. The second-order valence-electron chi connectivity index (χ2n) is 7.13. The molecule has 4 rings (SSSR count). The van der Waals surface area contributed by atoms with Gasteiger partial charge in [0.15, 0.2) is 0 Å². The molecule has 0 fully saturated rings. The fourth-order valence-electron chi connectivity index (χ4n) is 3.64. The SMILES string of the molecule is CC(O)C(NC(=O)c1cccc(-c2ccccn2)c1)N1Cc2ccccc2C1. The number of nitrogens with one attached hydrogen (secondary N) is 1. The summed E-state index contributed by atoms with van der Waals surface area (Å²) in [5, 5.41) is 13.3. The first-order chi connectivity index (χ1) is 13.6. The van der Waals surface area contributed by atoms with Crippen LogP contribution < -0.4 is 5.32 Å². The van der Waals surface area contributed by atoms with E-state index in [2.05, 4.69) is 27.3 Å². The number of nitrogens with zero attached hydrogens (tertiary/aromatic N) is 2. The summed E-state index contributed by atoms with van der Waals surface area (Å²) in [6.07, 6.45) is 0.576. The number of carbonyl (C=O) groups is 1. The number of aliphatic hydroxyl groups excluding tert-OH is 1. The topological polar surface area (TPSA) is 65.5 Å². The Morgan fingerprint density at radius 2 is 1.75 bits per heavy atom. The van der Waals surface area contributed by atoms with E-state index in [0.717, 1.165) is 11.3 Å². The van der Waals surface area contributed by atoms with E-state index in [9.17, 15) is 9.90 Å². The third-order valence-electron chi connectivity index (χ3n) is 5.08. The molecule has 0 bridgehead atoms. The summed E-state index contributed by atoms with van der Waals surface area (Å²) in [7, 11) is 0. The summed E-state index contributed by atoms with van der Waals surface area (Å²) in [6, 6.07) is 21.3. The van der Waals surface area contributed by atoms with Crippen LogP contribution in [0.2, 0.25) is 0 Å². The highest BCUT2D eigenvalue weighted by Crippen LogP contribution is 2.25. The monoisotopic (exact) mass is 373 g/mol. The van der Waals surface area contributed by atoms with Crippen molar-refractivity contribution < 1.29 is 9.90 Å². The van der Waals surface area contributed by atoms with Crippen LogP contribution in [-0.4, -0.2) is 33.2 Å². The minimum Gasteiger partial charge on any atom is -0.390 e. The quantitative estimate of drug-likeness (QED) is 0.721. The lowest BCUT2D eigenvalue weighted by Crippen LogP contribution is -2.52.